The van der Waals surface area contributed by atoms with E-state index in [2.05, 4.69) is 15.0 Å². The fourth-order valence-corrected chi connectivity index (χ4v) is 1.89. The first-order valence-corrected chi connectivity index (χ1v) is 5.77. The molecule has 0 aliphatic carbocycles. The number of hydrogen-bond acceptors (Lipinski definition) is 4. The molecule has 1 atom stereocenters. The Bertz CT molecular complexity index is 191. The third-order valence-corrected chi connectivity index (χ3v) is 2.86. The summed E-state index contributed by atoms with van der Waals surface area (Å²) in [6.07, 6.45) is 3.78. The van der Waals surface area contributed by atoms with E-state index in [0.717, 1.165) is 19.5 Å². The monoisotopic (exact) mass is 214 g/mol. The van der Waals surface area contributed by atoms with E-state index in [9.17, 15) is 4.79 Å². The Morgan fingerprint density at radius 2 is 2.13 bits per heavy atom. The van der Waals surface area contributed by atoms with E-state index in [-0.39, 0.29) is 12.0 Å². The molecule has 4 heteroatoms. The summed E-state index contributed by atoms with van der Waals surface area (Å²) in [7, 11) is 1.42. The van der Waals surface area contributed by atoms with Gasteiger partial charge in [0.2, 0.25) is 0 Å². The maximum atomic E-state index is 11.1. The summed E-state index contributed by atoms with van der Waals surface area (Å²) in [6.45, 7) is 6.34. The van der Waals surface area contributed by atoms with Crippen molar-refractivity contribution in [2.24, 2.45) is 0 Å². The lowest BCUT2D eigenvalue weighted by Crippen LogP contribution is -2.36. The lowest BCUT2D eigenvalue weighted by atomic mass is 10.3. The molecule has 15 heavy (non-hydrogen) atoms. The highest BCUT2D eigenvalue weighted by atomic mass is 16.5. The van der Waals surface area contributed by atoms with Gasteiger partial charge in [0.1, 0.15) is 6.04 Å². The van der Waals surface area contributed by atoms with Gasteiger partial charge in [-0.2, -0.15) is 0 Å². The highest BCUT2D eigenvalue weighted by Gasteiger charge is 2.13. The Hall–Kier alpha value is -0.610. The lowest BCUT2D eigenvalue weighted by Gasteiger charge is -2.15. The minimum atomic E-state index is -0.187. The molecule has 0 aromatic heterocycles. The van der Waals surface area contributed by atoms with E-state index in [1.807, 2.05) is 6.92 Å². The van der Waals surface area contributed by atoms with Crippen LogP contribution in [0.1, 0.15) is 26.2 Å². The van der Waals surface area contributed by atoms with Gasteiger partial charge in [0.15, 0.2) is 0 Å². The highest BCUT2D eigenvalue weighted by molar-refractivity contribution is 5.74. The largest absolute Gasteiger partial charge is 0.468 e. The number of rotatable bonds is 6. The average Bonchev–Trinajstić information content (AvgIpc) is 2.75. The number of esters is 1. The van der Waals surface area contributed by atoms with Gasteiger partial charge in [0, 0.05) is 0 Å². The summed E-state index contributed by atoms with van der Waals surface area (Å²) in [6, 6.07) is -0.187. The molecule has 1 aliphatic rings. The SMILES string of the molecule is COC(=O)C(C)NCCCN1CCCC1. The second-order valence-electron chi connectivity index (χ2n) is 4.10. The smallest absolute Gasteiger partial charge is 0.322 e. The summed E-state index contributed by atoms with van der Waals surface area (Å²) in [5.41, 5.74) is 0. The van der Waals surface area contributed by atoms with Crippen LogP contribution < -0.4 is 5.32 Å². The summed E-state index contributed by atoms with van der Waals surface area (Å²) >= 11 is 0. The minimum absolute atomic E-state index is 0.184. The molecular formula is C11H22N2O2. The van der Waals surface area contributed by atoms with Crippen molar-refractivity contribution < 1.29 is 9.53 Å². The van der Waals surface area contributed by atoms with E-state index < -0.39 is 0 Å². The predicted molar refractivity (Wildman–Crippen MR) is 59.8 cm³/mol. The quantitative estimate of drug-likeness (QED) is 0.520. The molecule has 4 nitrogen and oxygen atoms in total. The first-order valence-electron chi connectivity index (χ1n) is 5.77. The van der Waals surface area contributed by atoms with E-state index in [0.29, 0.717) is 0 Å². The van der Waals surface area contributed by atoms with Gasteiger partial charge in [-0.3, -0.25) is 4.79 Å². The summed E-state index contributed by atoms with van der Waals surface area (Å²) in [5.74, 6) is -0.184. The molecule has 1 aliphatic heterocycles. The first-order chi connectivity index (χ1) is 7.24. The van der Waals surface area contributed by atoms with Crippen LogP contribution in [-0.4, -0.2) is 50.2 Å². The minimum Gasteiger partial charge on any atom is -0.468 e. The molecule has 1 saturated heterocycles. The van der Waals surface area contributed by atoms with Crippen LogP contribution in [0.2, 0.25) is 0 Å². The van der Waals surface area contributed by atoms with Crippen LogP contribution in [0.4, 0.5) is 0 Å². The molecule has 0 aromatic rings. The maximum absolute atomic E-state index is 11.1. The van der Waals surface area contributed by atoms with Crippen molar-refractivity contribution in [3.63, 3.8) is 0 Å². The third kappa shape index (κ3) is 4.62. The number of likely N-dealkylation sites (tertiary alicyclic amines) is 1. The average molecular weight is 214 g/mol. The molecule has 1 rings (SSSR count). The standard InChI is InChI=1S/C11H22N2O2/c1-10(11(14)15-2)12-6-5-9-13-7-3-4-8-13/h10,12H,3-9H2,1-2H3. The molecule has 1 heterocycles. The number of carbonyl (C=O) groups excluding carboxylic acids is 1. The number of nitrogens with one attached hydrogen (secondary N) is 1. The van der Waals surface area contributed by atoms with Crippen LogP contribution in [0.25, 0.3) is 0 Å². The van der Waals surface area contributed by atoms with Crippen LogP contribution in [0.5, 0.6) is 0 Å². The first kappa shape index (κ1) is 12.5. The Balaban J connectivity index is 1.98. The zero-order valence-corrected chi connectivity index (χ0v) is 9.79. The molecule has 0 aromatic carbocycles. The lowest BCUT2D eigenvalue weighted by molar-refractivity contribution is -0.142. The molecule has 0 bridgehead atoms. The summed E-state index contributed by atoms with van der Waals surface area (Å²) in [5, 5.41) is 3.16. The van der Waals surface area contributed by atoms with E-state index in [4.69, 9.17) is 0 Å². The molecule has 1 unspecified atom stereocenters. The molecular weight excluding hydrogens is 192 g/mol. The Morgan fingerprint density at radius 1 is 1.47 bits per heavy atom. The second-order valence-corrected chi connectivity index (χ2v) is 4.10. The Morgan fingerprint density at radius 3 is 2.73 bits per heavy atom. The second kappa shape index (κ2) is 6.80. The Labute approximate surface area is 92.0 Å². The number of carbonyl (C=O) groups is 1. The van der Waals surface area contributed by atoms with Crippen molar-refractivity contribution in [2.45, 2.75) is 32.2 Å². The predicted octanol–water partition coefficient (Wildman–Crippen LogP) is 0.623. The van der Waals surface area contributed by atoms with Gasteiger partial charge >= 0.3 is 5.97 Å². The van der Waals surface area contributed by atoms with Crippen molar-refractivity contribution in [3.05, 3.63) is 0 Å². The fraction of sp³-hybridized carbons (Fsp3) is 0.909. The molecule has 0 radical (unpaired) electrons. The van der Waals surface area contributed by atoms with Crippen molar-refractivity contribution in [1.29, 1.82) is 0 Å². The molecule has 1 fully saturated rings. The maximum Gasteiger partial charge on any atom is 0.322 e. The van der Waals surface area contributed by atoms with Crippen LogP contribution in [0.3, 0.4) is 0 Å². The molecule has 0 amide bonds. The molecule has 1 N–H and O–H groups in total. The summed E-state index contributed by atoms with van der Waals surface area (Å²) in [4.78, 5) is 13.5. The van der Waals surface area contributed by atoms with Gasteiger partial charge in [-0.25, -0.2) is 0 Å². The van der Waals surface area contributed by atoms with E-state index in [1.54, 1.807) is 0 Å². The van der Waals surface area contributed by atoms with Crippen molar-refractivity contribution in [2.75, 3.05) is 33.3 Å². The van der Waals surface area contributed by atoms with Crippen LogP contribution in [0.15, 0.2) is 0 Å². The topological polar surface area (TPSA) is 41.6 Å². The van der Waals surface area contributed by atoms with E-state index in [1.165, 1.54) is 33.0 Å². The number of methoxy groups -OCH3 is 1. The van der Waals surface area contributed by atoms with E-state index >= 15 is 0 Å². The van der Waals surface area contributed by atoms with Crippen LogP contribution >= 0.6 is 0 Å². The van der Waals surface area contributed by atoms with Gasteiger partial charge in [0.25, 0.3) is 0 Å². The van der Waals surface area contributed by atoms with Gasteiger partial charge in [-0.15, -0.1) is 0 Å². The van der Waals surface area contributed by atoms with Crippen LogP contribution in [-0.2, 0) is 9.53 Å². The van der Waals surface area contributed by atoms with Gasteiger partial charge in [-0.1, -0.05) is 0 Å². The third-order valence-electron chi connectivity index (χ3n) is 2.86. The highest BCUT2D eigenvalue weighted by Crippen LogP contribution is 2.06. The number of hydrogen-bond donors (Lipinski definition) is 1. The zero-order valence-electron chi connectivity index (χ0n) is 9.79. The van der Waals surface area contributed by atoms with Gasteiger partial charge < -0.3 is 15.0 Å². The van der Waals surface area contributed by atoms with Crippen molar-refractivity contribution in [3.8, 4) is 0 Å². The number of ether oxygens (including phenoxy) is 1. The molecule has 88 valence electrons. The number of nitrogens with zero attached hydrogens (tertiary/aromatic N) is 1. The fourth-order valence-electron chi connectivity index (χ4n) is 1.89. The van der Waals surface area contributed by atoms with Gasteiger partial charge in [0.05, 0.1) is 7.11 Å². The molecule has 0 saturated carbocycles. The summed E-state index contributed by atoms with van der Waals surface area (Å²) < 4.78 is 4.63. The zero-order chi connectivity index (χ0) is 11.1. The molecule has 0 spiro atoms. The Kier molecular flexibility index (Phi) is 5.65. The van der Waals surface area contributed by atoms with Crippen molar-refractivity contribution >= 4 is 5.97 Å². The van der Waals surface area contributed by atoms with Crippen molar-refractivity contribution in [1.82, 2.24) is 10.2 Å². The van der Waals surface area contributed by atoms with Crippen LogP contribution in [0, 0.1) is 0 Å². The normalized spacial score (nSPS) is 19.1. The van der Waals surface area contributed by atoms with Gasteiger partial charge in [-0.05, 0) is 52.4 Å².